The van der Waals surface area contributed by atoms with Crippen molar-refractivity contribution in [1.82, 2.24) is 0 Å². The van der Waals surface area contributed by atoms with E-state index < -0.39 is 19.7 Å². The molecule has 0 atom stereocenters. The molecule has 1 fully saturated rings. The summed E-state index contributed by atoms with van der Waals surface area (Å²) in [6.45, 7) is 1.32. The number of benzene rings is 1. The fraction of sp³-hybridized carbons (Fsp3) is 0.538. The normalized spacial score (nSPS) is 18.0. The fourth-order valence-electron chi connectivity index (χ4n) is 2.37. The van der Waals surface area contributed by atoms with Gasteiger partial charge in [0.05, 0.1) is 15.5 Å². The van der Waals surface area contributed by atoms with Crippen molar-refractivity contribution < 1.29 is 16.8 Å². The van der Waals surface area contributed by atoms with E-state index in [0.717, 1.165) is 25.4 Å². The van der Waals surface area contributed by atoms with Crippen molar-refractivity contribution in [1.29, 1.82) is 0 Å². The summed E-state index contributed by atoms with van der Waals surface area (Å²) in [6.07, 6.45) is 3.70. The summed E-state index contributed by atoms with van der Waals surface area (Å²) < 4.78 is 47.2. The lowest BCUT2D eigenvalue weighted by Gasteiger charge is -2.32. The molecule has 1 saturated heterocycles. The van der Waals surface area contributed by atoms with Gasteiger partial charge in [-0.1, -0.05) is 0 Å². The summed E-state index contributed by atoms with van der Waals surface area (Å²) in [4.78, 5) is 2.01. The monoisotopic (exact) mass is 351 g/mol. The molecule has 0 radical (unpaired) electrons. The molecule has 118 valence electrons. The molecule has 0 spiro atoms. The molecule has 0 amide bonds. The van der Waals surface area contributed by atoms with Crippen molar-refractivity contribution in [3.05, 3.63) is 18.2 Å². The van der Waals surface area contributed by atoms with Crippen molar-refractivity contribution in [2.45, 2.75) is 28.0 Å². The van der Waals surface area contributed by atoms with Crippen LogP contribution < -0.4 is 4.90 Å². The molecule has 0 saturated carbocycles. The summed E-state index contributed by atoms with van der Waals surface area (Å²) in [6, 6.07) is 4.26. The highest BCUT2D eigenvalue weighted by Gasteiger charge is 2.24. The van der Waals surface area contributed by atoms with E-state index in [9.17, 15) is 16.8 Å². The van der Waals surface area contributed by atoms with Crippen LogP contribution in [0.5, 0.6) is 0 Å². The van der Waals surface area contributed by atoms with Crippen molar-refractivity contribution in [3.8, 4) is 0 Å². The number of sulfone groups is 2. The molecule has 0 aliphatic carbocycles. The standard InChI is InChI=1S/C13H18ClNO4S2/c1-20(16,17)11-3-4-12(13(9-11)21(2,18)19)15-7-5-10(14)6-8-15/h3-4,9-10H,5-8H2,1-2H3. The average molecular weight is 352 g/mol. The van der Waals surface area contributed by atoms with Crippen LogP contribution in [0.2, 0.25) is 0 Å². The molecular formula is C13H18ClNO4S2. The Kier molecular flexibility index (Phi) is 4.56. The highest BCUT2D eigenvalue weighted by Crippen LogP contribution is 2.31. The van der Waals surface area contributed by atoms with Gasteiger partial charge in [0.25, 0.3) is 0 Å². The number of anilines is 1. The second-order valence-electron chi connectivity index (χ2n) is 5.34. The molecule has 0 bridgehead atoms. The summed E-state index contributed by atoms with van der Waals surface area (Å²) in [7, 11) is -6.96. The number of nitrogens with zero attached hydrogens (tertiary/aromatic N) is 1. The van der Waals surface area contributed by atoms with E-state index in [0.29, 0.717) is 18.8 Å². The average Bonchev–Trinajstić information content (AvgIpc) is 2.37. The van der Waals surface area contributed by atoms with Gasteiger partial charge in [0, 0.05) is 31.0 Å². The van der Waals surface area contributed by atoms with Gasteiger partial charge < -0.3 is 4.90 Å². The van der Waals surface area contributed by atoms with Crippen LogP contribution >= 0.6 is 11.6 Å². The zero-order valence-electron chi connectivity index (χ0n) is 11.9. The van der Waals surface area contributed by atoms with Gasteiger partial charge in [-0.3, -0.25) is 0 Å². The van der Waals surface area contributed by atoms with Crippen LogP contribution in [0.15, 0.2) is 28.0 Å². The smallest absolute Gasteiger partial charge is 0.177 e. The highest BCUT2D eigenvalue weighted by atomic mass is 35.5. The molecule has 0 aromatic heterocycles. The first kappa shape index (κ1) is 16.6. The van der Waals surface area contributed by atoms with Gasteiger partial charge in [-0.2, -0.15) is 0 Å². The minimum atomic E-state index is -3.52. The first-order valence-corrected chi connectivity index (χ1v) is 10.7. The zero-order valence-corrected chi connectivity index (χ0v) is 14.3. The van der Waals surface area contributed by atoms with Crippen molar-refractivity contribution in [3.63, 3.8) is 0 Å². The van der Waals surface area contributed by atoms with Gasteiger partial charge in [0.15, 0.2) is 19.7 Å². The van der Waals surface area contributed by atoms with Crippen LogP contribution in [-0.2, 0) is 19.7 Å². The van der Waals surface area contributed by atoms with E-state index in [2.05, 4.69) is 0 Å². The van der Waals surface area contributed by atoms with Gasteiger partial charge in [-0.15, -0.1) is 11.6 Å². The first-order valence-electron chi connectivity index (χ1n) is 6.52. The molecule has 1 aromatic carbocycles. The second kappa shape index (κ2) is 5.78. The van der Waals surface area contributed by atoms with E-state index in [1.54, 1.807) is 6.07 Å². The van der Waals surface area contributed by atoms with Gasteiger partial charge >= 0.3 is 0 Å². The Morgan fingerprint density at radius 1 is 1.05 bits per heavy atom. The van der Waals surface area contributed by atoms with Crippen molar-refractivity contribution in [2.24, 2.45) is 0 Å². The predicted molar refractivity (Wildman–Crippen MR) is 83.7 cm³/mol. The Morgan fingerprint density at radius 3 is 2.10 bits per heavy atom. The van der Waals surface area contributed by atoms with Crippen LogP contribution in [0, 0.1) is 0 Å². The largest absolute Gasteiger partial charge is 0.370 e. The highest BCUT2D eigenvalue weighted by molar-refractivity contribution is 7.91. The van der Waals surface area contributed by atoms with E-state index in [-0.39, 0.29) is 15.2 Å². The number of halogens is 1. The lowest BCUT2D eigenvalue weighted by molar-refractivity contribution is 0.577. The Morgan fingerprint density at radius 2 is 1.62 bits per heavy atom. The Balaban J connectivity index is 2.51. The summed E-state index contributed by atoms with van der Waals surface area (Å²) >= 11 is 6.06. The molecule has 5 nitrogen and oxygen atoms in total. The van der Waals surface area contributed by atoms with Crippen molar-refractivity contribution in [2.75, 3.05) is 30.5 Å². The van der Waals surface area contributed by atoms with Gasteiger partial charge in [-0.25, -0.2) is 16.8 Å². The van der Waals surface area contributed by atoms with Gasteiger partial charge in [-0.05, 0) is 31.0 Å². The van der Waals surface area contributed by atoms with Crippen molar-refractivity contribution >= 4 is 37.0 Å². The quantitative estimate of drug-likeness (QED) is 0.775. The van der Waals surface area contributed by atoms with Crippen LogP contribution in [0.4, 0.5) is 5.69 Å². The maximum Gasteiger partial charge on any atom is 0.177 e. The molecule has 21 heavy (non-hydrogen) atoms. The topological polar surface area (TPSA) is 71.5 Å². The SMILES string of the molecule is CS(=O)(=O)c1ccc(N2CCC(Cl)CC2)c(S(C)(=O)=O)c1. The Labute approximate surface area is 130 Å². The third-order valence-electron chi connectivity index (χ3n) is 3.52. The third kappa shape index (κ3) is 3.90. The molecule has 2 rings (SSSR count). The second-order valence-corrected chi connectivity index (χ2v) is 9.95. The Hall–Kier alpha value is -0.790. The zero-order chi connectivity index (χ0) is 15.8. The molecule has 0 unspecified atom stereocenters. The lowest BCUT2D eigenvalue weighted by atomic mass is 10.1. The van der Waals surface area contributed by atoms with Gasteiger partial charge in [0.1, 0.15) is 0 Å². The van der Waals surface area contributed by atoms with Crippen LogP contribution in [0.25, 0.3) is 0 Å². The molecule has 1 aliphatic rings. The molecule has 1 aromatic rings. The molecule has 1 aliphatic heterocycles. The summed E-state index contributed by atoms with van der Waals surface area (Å²) in [5.74, 6) is 0. The third-order valence-corrected chi connectivity index (χ3v) is 6.20. The minimum Gasteiger partial charge on any atom is -0.370 e. The number of rotatable bonds is 3. The molecule has 8 heteroatoms. The predicted octanol–water partition coefficient (Wildman–Crippen LogP) is 1.70. The number of piperidine rings is 1. The van der Waals surface area contributed by atoms with Crippen LogP contribution in [0.3, 0.4) is 0 Å². The van der Waals surface area contributed by atoms with E-state index in [1.165, 1.54) is 12.1 Å². The Bertz CT molecular complexity index is 735. The first-order chi connectivity index (χ1) is 9.59. The molecule has 0 N–H and O–H groups in total. The van der Waals surface area contributed by atoms with E-state index in [4.69, 9.17) is 11.6 Å². The summed E-state index contributed by atoms with van der Waals surface area (Å²) in [5.41, 5.74) is 0.550. The fourth-order valence-corrected chi connectivity index (χ4v) is 4.21. The van der Waals surface area contributed by atoms with Crippen LogP contribution in [-0.4, -0.2) is 47.8 Å². The molecule has 1 heterocycles. The van der Waals surface area contributed by atoms with E-state index >= 15 is 0 Å². The number of hydrogen-bond acceptors (Lipinski definition) is 5. The summed E-state index contributed by atoms with van der Waals surface area (Å²) in [5, 5.41) is 0.109. The molecular weight excluding hydrogens is 334 g/mol. The van der Waals surface area contributed by atoms with E-state index in [1.807, 2.05) is 4.90 Å². The number of alkyl halides is 1. The minimum absolute atomic E-state index is 0.0129. The number of hydrogen-bond donors (Lipinski definition) is 0. The van der Waals surface area contributed by atoms with Crippen LogP contribution in [0.1, 0.15) is 12.8 Å². The lowest BCUT2D eigenvalue weighted by Crippen LogP contribution is -2.34. The van der Waals surface area contributed by atoms with Gasteiger partial charge in [0.2, 0.25) is 0 Å². The maximum atomic E-state index is 12.0. The maximum absolute atomic E-state index is 12.0.